The molecule has 0 aliphatic carbocycles. The highest BCUT2D eigenvalue weighted by atomic mass is 16.6. The summed E-state index contributed by atoms with van der Waals surface area (Å²) in [6.07, 6.45) is 0.528. The second kappa shape index (κ2) is 10.5. The molecule has 8 nitrogen and oxygen atoms in total. The van der Waals surface area contributed by atoms with Crippen LogP contribution in [-0.4, -0.2) is 40.3 Å². The van der Waals surface area contributed by atoms with Gasteiger partial charge in [0.25, 0.3) is 0 Å². The molecule has 3 atom stereocenters. The van der Waals surface area contributed by atoms with Gasteiger partial charge in [0.15, 0.2) is 0 Å². The largest absolute Gasteiger partial charge is 0.459 e. The number of aromatic nitrogens is 2. The van der Waals surface area contributed by atoms with Crippen LogP contribution < -0.4 is 0 Å². The first kappa shape index (κ1) is 24.2. The van der Waals surface area contributed by atoms with E-state index >= 15 is 0 Å². The highest BCUT2D eigenvalue weighted by Crippen LogP contribution is 2.33. The van der Waals surface area contributed by atoms with Gasteiger partial charge in [-0.3, -0.25) is 0 Å². The lowest BCUT2D eigenvalue weighted by molar-refractivity contribution is -0.0575. The number of hydrogen-bond acceptors (Lipinski definition) is 7. The van der Waals surface area contributed by atoms with E-state index in [1.807, 2.05) is 49.6 Å². The fourth-order valence-electron chi connectivity index (χ4n) is 3.98. The third-order valence-corrected chi connectivity index (χ3v) is 5.93. The first-order valence-corrected chi connectivity index (χ1v) is 11.4. The van der Waals surface area contributed by atoms with Gasteiger partial charge in [0.2, 0.25) is 0 Å². The van der Waals surface area contributed by atoms with E-state index in [4.69, 9.17) is 19.5 Å². The van der Waals surface area contributed by atoms with Crippen molar-refractivity contribution < 1.29 is 23.8 Å². The third kappa shape index (κ3) is 5.76. The molecule has 0 saturated carbocycles. The van der Waals surface area contributed by atoms with Crippen LogP contribution in [0.5, 0.6) is 0 Å². The van der Waals surface area contributed by atoms with Crippen molar-refractivity contribution in [2.24, 2.45) is 0 Å². The van der Waals surface area contributed by atoms with E-state index in [2.05, 4.69) is 11.1 Å². The third-order valence-electron chi connectivity index (χ3n) is 5.93. The highest BCUT2D eigenvalue weighted by molar-refractivity contribution is 5.90. The molecule has 1 saturated heterocycles. The monoisotopic (exact) mass is 473 g/mol. The van der Waals surface area contributed by atoms with Gasteiger partial charge in [-0.1, -0.05) is 35.4 Å². The Hall–Kier alpha value is -3.96. The number of hydrogen-bond donors (Lipinski definition) is 0. The minimum absolute atomic E-state index is 0.0755. The van der Waals surface area contributed by atoms with Crippen LogP contribution >= 0.6 is 0 Å². The Morgan fingerprint density at radius 1 is 1.03 bits per heavy atom. The minimum Gasteiger partial charge on any atom is -0.459 e. The molecule has 2 aromatic carbocycles. The normalized spacial score (nSPS) is 19.2. The Balaban J connectivity index is 1.50. The Labute approximate surface area is 204 Å². The molecule has 1 aliphatic heterocycles. The van der Waals surface area contributed by atoms with Crippen LogP contribution in [0.3, 0.4) is 0 Å². The van der Waals surface area contributed by atoms with Crippen molar-refractivity contribution in [1.82, 2.24) is 9.55 Å². The van der Waals surface area contributed by atoms with Crippen molar-refractivity contribution in [3.63, 3.8) is 0 Å². The van der Waals surface area contributed by atoms with Crippen LogP contribution in [0.25, 0.3) is 0 Å². The molecule has 35 heavy (non-hydrogen) atoms. The molecule has 0 spiro atoms. The average molecular weight is 474 g/mol. The average Bonchev–Trinajstić information content (AvgIpc) is 3.41. The fraction of sp³-hybridized carbons (Fsp3) is 0.333. The smallest absolute Gasteiger partial charge is 0.338 e. The number of esters is 2. The van der Waals surface area contributed by atoms with Crippen molar-refractivity contribution in [2.45, 2.75) is 52.0 Å². The molecule has 1 aromatic heterocycles. The first-order chi connectivity index (χ1) is 16.8. The first-order valence-electron chi connectivity index (χ1n) is 11.4. The quantitative estimate of drug-likeness (QED) is 0.473. The van der Waals surface area contributed by atoms with Crippen molar-refractivity contribution >= 4 is 11.9 Å². The molecule has 8 heteroatoms. The molecule has 1 fully saturated rings. The molecule has 180 valence electrons. The summed E-state index contributed by atoms with van der Waals surface area (Å²) >= 11 is 0. The standard InChI is InChI=1S/C27H27N3O5/c1-17-4-8-20(9-5-17)26(31)33-16-24-23(35-27(32)21-10-6-18(2)7-11-21)14-25(34-24)30-15-22(12-13-28)29-19(30)3/h4-11,15,23-25H,12,14,16H2,1-3H3/t23-,24+,25-/m0/s1. The molecule has 0 N–H and O–H groups in total. The topological polar surface area (TPSA) is 103 Å². The summed E-state index contributed by atoms with van der Waals surface area (Å²) in [5.41, 5.74) is 3.58. The fourth-order valence-corrected chi connectivity index (χ4v) is 3.98. The lowest BCUT2D eigenvalue weighted by Gasteiger charge is -2.19. The van der Waals surface area contributed by atoms with Crippen molar-refractivity contribution in [1.29, 1.82) is 5.26 Å². The zero-order valence-corrected chi connectivity index (χ0v) is 19.9. The van der Waals surface area contributed by atoms with Crippen LogP contribution in [0.4, 0.5) is 0 Å². The number of aryl methyl sites for hydroxylation is 3. The van der Waals surface area contributed by atoms with Gasteiger partial charge in [-0.05, 0) is 45.0 Å². The second-order valence-corrected chi connectivity index (χ2v) is 8.66. The van der Waals surface area contributed by atoms with Crippen molar-refractivity contribution in [3.8, 4) is 6.07 Å². The maximum Gasteiger partial charge on any atom is 0.338 e. The molecule has 0 unspecified atom stereocenters. The zero-order valence-electron chi connectivity index (χ0n) is 19.9. The molecule has 2 heterocycles. The number of rotatable bonds is 7. The summed E-state index contributed by atoms with van der Waals surface area (Å²) in [7, 11) is 0. The van der Waals surface area contributed by atoms with Gasteiger partial charge < -0.3 is 18.8 Å². The van der Waals surface area contributed by atoms with E-state index in [1.165, 1.54) is 0 Å². The summed E-state index contributed by atoms with van der Waals surface area (Å²) in [6, 6.07) is 16.3. The molecule has 0 radical (unpaired) electrons. The lowest BCUT2D eigenvalue weighted by Crippen LogP contribution is -2.32. The van der Waals surface area contributed by atoms with E-state index in [0.29, 0.717) is 29.1 Å². The molecule has 0 bridgehead atoms. The van der Waals surface area contributed by atoms with E-state index in [0.717, 1.165) is 11.1 Å². The maximum absolute atomic E-state index is 12.8. The Morgan fingerprint density at radius 3 is 2.23 bits per heavy atom. The Bertz CT molecular complexity index is 1240. The molecule has 3 aromatic rings. The molecular weight excluding hydrogens is 446 g/mol. The summed E-state index contributed by atoms with van der Waals surface area (Å²) in [4.78, 5) is 29.8. The van der Waals surface area contributed by atoms with Crippen LogP contribution in [0.15, 0.2) is 54.7 Å². The number of nitrogens with zero attached hydrogens (tertiary/aromatic N) is 3. The lowest BCUT2D eigenvalue weighted by atomic mass is 10.1. The number of ether oxygens (including phenoxy) is 3. The van der Waals surface area contributed by atoms with Crippen LogP contribution in [0, 0.1) is 32.1 Å². The number of carbonyl (C=O) groups excluding carboxylic acids is 2. The van der Waals surface area contributed by atoms with Gasteiger partial charge in [0.05, 0.1) is 29.3 Å². The Kier molecular flexibility index (Phi) is 7.28. The summed E-state index contributed by atoms with van der Waals surface area (Å²) in [5.74, 6) is -0.265. The number of benzene rings is 2. The number of carbonyl (C=O) groups is 2. The van der Waals surface area contributed by atoms with Gasteiger partial charge in [-0.15, -0.1) is 0 Å². The van der Waals surface area contributed by atoms with Crippen LogP contribution in [0.2, 0.25) is 0 Å². The maximum atomic E-state index is 12.8. The zero-order chi connectivity index (χ0) is 24.9. The van der Waals surface area contributed by atoms with Gasteiger partial charge in [-0.25, -0.2) is 14.6 Å². The van der Waals surface area contributed by atoms with Crippen molar-refractivity contribution in [2.75, 3.05) is 6.61 Å². The second-order valence-electron chi connectivity index (χ2n) is 8.66. The van der Waals surface area contributed by atoms with Crippen LogP contribution in [0.1, 0.15) is 56.0 Å². The van der Waals surface area contributed by atoms with Gasteiger partial charge in [0, 0.05) is 12.6 Å². The highest BCUT2D eigenvalue weighted by Gasteiger charge is 2.40. The number of imidazole rings is 1. The van der Waals surface area contributed by atoms with Gasteiger partial charge in [-0.2, -0.15) is 5.26 Å². The summed E-state index contributed by atoms with van der Waals surface area (Å²) in [6.45, 7) is 5.63. The molecule has 1 aliphatic rings. The van der Waals surface area contributed by atoms with E-state index in [-0.39, 0.29) is 13.0 Å². The summed E-state index contributed by atoms with van der Waals surface area (Å²) in [5, 5.41) is 8.99. The molecular formula is C27H27N3O5. The number of nitriles is 1. The SMILES string of the molecule is Cc1ccc(C(=O)OC[C@H]2O[C@H](n3cc(CC#N)nc3C)C[C@@H]2OC(=O)c2ccc(C)cc2)cc1. The van der Waals surface area contributed by atoms with E-state index in [9.17, 15) is 9.59 Å². The van der Waals surface area contributed by atoms with E-state index in [1.54, 1.807) is 30.5 Å². The van der Waals surface area contributed by atoms with Gasteiger partial charge >= 0.3 is 11.9 Å². The van der Waals surface area contributed by atoms with E-state index < -0.39 is 30.4 Å². The predicted molar refractivity (Wildman–Crippen MR) is 127 cm³/mol. The van der Waals surface area contributed by atoms with Crippen LogP contribution in [-0.2, 0) is 20.6 Å². The molecule has 4 rings (SSSR count). The van der Waals surface area contributed by atoms with Gasteiger partial charge in [0.1, 0.15) is 30.9 Å². The predicted octanol–water partition coefficient (Wildman–Crippen LogP) is 4.24. The Morgan fingerprint density at radius 2 is 1.63 bits per heavy atom. The minimum atomic E-state index is -0.662. The summed E-state index contributed by atoms with van der Waals surface area (Å²) < 4.78 is 19.3. The molecule has 0 amide bonds. The van der Waals surface area contributed by atoms with Crippen molar-refractivity contribution in [3.05, 3.63) is 88.5 Å².